The Morgan fingerprint density at radius 1 is 1.32 bits per heavy atom. The van der Waals surface area contributed by atoms with Gasteiger partial charge in [-0.25, -0.2) is 4.79 Å². The quantitative estimate of drug-likeness (QED) is 0.785. The van der Waals surface area contributed by atoms with Crippen LogP contribution in [0, 0.1) is 5.92 Å². The lowest BCUT2D eigenvalue weighted by Gasteiger charge is -2.29. The van der Waals surface area contributed by atoms with Crippen LogP contribution < -0.4 is 5.32 Å². The lowest BCUT2D eigenvalue weighted by molar-refractivity contribution is -0.142. The van der Waals surface area contributed by atoms with Crippen LogP contribution in [0.1, 0.15) is 19.8 Å². The van der Waals surface area contributed by atoms with Crippen LogP contribution in [-0.4, -0.2) is 40.6 Å². The summed E-state index contributed by atoms with van der Waals surface area (Å²) in [6.45, 7) is 1.39. The first-order chi connectivity index (χ1) is 8.76. The first kappa shape index (κ1) is 15.8. The number of hydrogen-bond acceptors (Lipinski definition) is 4. The molecule has 0 aromatic carbocycles. The highest BCUT2D eigenvalue weighted by Gasteiger charge is 2.40. The Kier molecular flexibility index (Phi) is 5.21. The zero-order valence-corrected chi connectivity index (χ0v) is 10.9. The van der Waals surface area contributed by atoms with Crippen molar-refractivity contribution in [1.82, 2.24) is 10.2 Å². The minimum atomic E-state index is -4.41. The van der Waals surface area contributed by atoms with E-state index in [1.807, 2.05) is 5.32 Å². The van der Waals surface area contributed by atoms with Gasteiger partial charge in [0, 0.05) is 12.3 Å². The molecule has 1 rings (SSSR count). The third-order valence-electron chi connectivity index (χ3n) is 2.51. The molecule has 1 atom stereocenters. The van der Waals surface area contributed by atoms with Gasteiger partial charge in [-0.3, -0.25) is 19.8 Å². The Balaban J connectivity index is 2.63. The summed E-state index contributed by atoms with van der Waals surface area (Å²) in [6, 6.07) is -0.954. The Hall–Kier alpha value is -1.25. The van der Waals surface area contributed by atoms with E-state index in [4.69, 9.17) is 0 Å². The number of carbonyl (C=O) groups is 3. The second kappa shape index (κ2) is 6.27. The molecule has 4 amide bonds. The second-order valence-corrected chi connectivity index (χ2v) is 5.08. The number of carbonyl (C=O) groups excluding carboxylic acids is 3. The molecule has 0 radical (unpaired) electrons. The van der Waals surface area contributed by atoms with E-state index in [-0.39, 0.29) is 24.7 Å². The summed E-state index contributed by atoms with van der Waals surface area (Å²) >= 11 is -0.312. The third-order valence-corrected chi connectivity index (χ3v) is 3.23. The normalized spacial score (nSPS) is 20.7. The van der Waals surface area contributed by atoms with Crippen LogP contribution in [0.4, 0.5) is 18.0 Å². The SMILES string of the molecule is CCCC1C(=O)NC(=O)N(CCSC(F)(F)F)C1=O. The van der Waals surface area contributed by atoms with Crippen molar-refractivity contribution < 1.29 is 27.6 Å². The van der Waals surface area contributed by atoms with Gasteiger partial charge in [0.05, 0.1) is 0 Å². The molecule has 1 aliphatic rings. The summed E-state index contributed by atoms with van der Waals surface area (Å²) < 4.78 is 35.9. The first-order valence-corrected chi connectivity index (χ1v) is 6.61. The van der Waals surface area contributed by atoms with E-state index in [0.29, 0.717) is 11.3 Å². The Bertz CT molecular complexity index is 387. The molecule has 1 aliphatic heterocycles. The zero-order chi connectivity index (χ0) is 14.6. The molecule has 0 saturated carbocycles. The molecule has 0 aromatic heterocycles. The lowest BCUT2D eigenvalue weighted by atomic mass is 9.99. The highest BCUT2D eigenvalue weighted by molar-refractivity contribution is 8.00. The Morgan fingerprint density at radius 2 is 1.95 bits per heavy atom. The van der Waals surface area contributed by atoms with Crippen LogP contribution in [-0.2, 0) is 9.59 Å². The standard InChI is InChI=1S/C10H13F3N2O3S/c1-2-3-6-7(16)14-9(18)15(8(6)17)4-5-19-10(11,12)13/h6H,2-5H2,1H3,(H,14,16,18). The van der Waals surface area contributed by atoms with Crippen molar-refractivity contribution in [2.45, 2.75) is 25.3 Å². The summed E-state index contributed by atoms with van der Waals surface area (Å²) in [5, 5.41) is 1.98. The first-order valence-electron chi connectivity index (χ1n) is 5.63. The zero-order valence-electron chi connectivity index (χ0n) is 10.1. The van der Waals surface area contributed by atoms with Crippen molar-refractivity contribution in [3.8, 4) is 0 Å². The van der Waals surface area contributed by atoms with Crippen LogP contribution in [0.5, 0.6) is 0 Å². The van der Waals surface area contributed by atoms with E-state index in [2.05, 4.69) is 0 Å². The number of nitrogens with one attached hydrogen (secondary N) is 1. The van der Waals surface area contributed by atoms with Crippen molar-refractivity contribution in [3.63, 3.8) is 0 Å². The largest absolute Gasteiger partial charge is 0.441 e. The minimum absolute atomic E-state index is 0.265. The maximum Gasteiger partial charge on any atom is 0.441 e. The fourth-order valence-corrected chi connectivity index (χ4v) is 2.17. The monoisotopic (exact) mass is 298 g/mol. The average Bonchev–Trinajstić information content (AvgIpc) is 2.27. The van der Waals surface area contributed by atoms with Gasteiger partial charge in [0.2, 0.25) is 11.8 Å². The van der Waals surface area contributed by atoms with Crippen molar-refractivity contribution in [1.29, 1.82) is 0 Å². The molecular weight excluding hydrogens is 285 g/mol. The smallest absolute Gasteiger partial charge is 0.277 e. The predicted molar refractivity (Wildman–Crippen MR) is 62.2 cm³/mol. The van der Waals surface area contributed by atoms with Gasteiger partial charge >= 0.3 is 11.5 Å². The van der Waals surface area contributed by atoms with Crippen LogP contribution >= 0.6 is 11.8 Å². The second-order valence-electron chi connectivity index (χ2n) is 3.92. The molecule has 9 heteroatoms. The van der Waals surface area contributed by atoms with Gasteiger partial charge in [-0.05, 0) is 18.2 Å². The van der Waals surface area contributed by atoms with Gasteiger partial charge < -0.3 is 0 Å². The number of thioether (sulfide) groups is 1. The third kappa shape index (κ3) is 4.41. The molecule has 0 spiro atoms. The maximum absolute atomic E-state index is 12.0. The van der Waals surface area contributed by atoms with Gasteiger partial charge in [-0.15, -0.1) is 0 Å². The van der Waals surface area contributed by atoms with E-state index in [1.165, 1.54) is 0 Å². The fourth-order valence-electron chi connectivity index (χ4n) is 1.67. The van der Waals surface area contributed by atoms with Gasteiger partial charge in [0.25, 0.3) is 0 Å². The molecule has 0 aliphatic carbocycles. The summed E-state index contributed by atoms with van der Waals surface area (Å²) in [7, 11) is 0. The molecule has 1 heterocycles. The number of hydrogen-bond donors (Lipinski definition) is 1. The van der Waals surface area contributed by atoms with Gasteiger partial charge in [0.15, 0.2) is 0 Å². The summed E-state index contributed by atoms with van der Waals surface area (Å²) in [5.41, 5.74) is -4.41. The lowest BCUT2D eigenvalue weighted by Crippen LogP contribution is -2.58. The number of imide groups is 2. The summed E-state index contributed by atoms with van der Waals surface area (Å²) in [5.74, 6) is -2.84. The van der Waals surface area contributed by atoms with Crippen molar-refractivity contribution >= 4 is 29.6 Å². The van der Waals surface area contributed by atoms with E-state index in [0.717, 1.165) is 0 Å². The van der Waals surface area contributed by atoms with Crippen molar-refractivity contribution in [2.75, 3.05) is 12.3 Å². The van der Waals surface area contributed by atoms with Crippen molar-refractivity contribution in [2.24, 2.45) is 5.92 Å². The topological polar surface area (TPSA) is 66.5 Å². The predicted octanol–water partition coefficient (Wildman–Crippen LogP) is 1.73. The Morgan fingerprint density at radius 3 is 2.47 bits per heavy atom. The molecule has 1 unspecified atom stereocenters. The van der Waals surface area contributed by atoms with E-state index >= 15 is 0 Å². The molecule has 19 heavy (non-hydrogen) atoms. The summed E-state index contributed by atoms with van der Waals surface area (Å²) in [4.78, 5) is 35.3. The number of nitrogens with zero attached hydrogens (tertiary/aromatic N) is 1. The van der Waals surface area contributed by atoms with Gasteiger partial charge in [-0.2, -0.15) is 13.2 Å². The number of alkyl halides is 3. The molecule has 1 saturated heterocycles. The van der Waals surface area contributed by atoms with Crippen LogP contribution in [0.3, 0.4) is 0 Å². The molecule has 1 N–H and O–H groups in total. The van der Waals surface area contributed by atoms with E-state index in [9.17, 15) is 27.6 Å². The maximum atomic E-state index is 12.0. The molecule has 108 valence electrons. The van der Waals surface area contributed by atoms with Crippen LogP contribution in [0.2, 0.25) is 0 Å². The molecular formula is C10H13F3N2O3S. The average molecular weight is 298 g/mol. The highest BCUT2D eigenvalue weighted by atomic mass is 32.2. The Labute approximate surface area is 111 Å². The van der Waals surface area contributed by atoms with Crippen molar-refractivity contribution in [3.05, 3.63) is 0 Å². The van der Waals surface area contributed by atoms with Gasteiger partial charge in [0.1, 0.15) is 5.92 Å². The molecule has 1 fully saturated rings. The molecule has 0 aromatic rings. The van der Waals surface area contributed by atoms with E-state index in [1.54, 1.807) is 6.92 Å². The van der Waals surface area contributed by atoms with Crippen LogP contribution in [0.25, 0.3) is 0 Å². The van der Waals surface area contributed by atoms with Gasteiger partial charge in [-0.1, -0.05) is 13.3 Å². The van der Waals surface area contributed by atoms with E-state index < -0.39 is 35.0 Å². The molecule has 5 nitrogen and oxygen atoms in total. The number of barbiturate groups is 1. The minimum Gasteiger partial charge on any atom is -0.277 e. The fraction of sp³-hybridized carbons (Fsp3) is 0.700. The summed E-state index contributed by atoms with van der Waals surface area (Å²) in [6.07, 6.45) is 0.823. The number of urea groups is 1. The number of amides is 4. The number of halogens is 3. The number of rotatable bonds is 5. The highest BCUT2D eigenvalue weighted by Crippen LogP contribution is 2.30. The molecule has 0 bridgehead atoms. The van der Waals surface area contributed by atoms with Crippen LogP contribution in [0.15, 0.2) is 0 Å².